The molecule has 0 saturated carbocycles. The summed E-state index contributed by atoms with van der Waals surface area (Å²) < 4.78 is 0. The van der Waals surface area contributed by atoms with Gasteiger partial charge >= 0.3 is 5.97 Å². The number of likely N-dealkylation sites (tertiary alicyclic amines) is 1. The van der Waals surface area contributed by atoms with E-state index in [0.29, 0.717) is 6.54 Å². The van der Waals surface area contributed by atoms with Crippen molar-refractivity contribution in [3.63, 3.8) is 0 Å². The van der Waals surface area contributed by atoms with E-state index in [1.165, 1.54) is 31.7 Å². The second-order valence-electron chi connectivity index (χ2n) is 5.36. The fraction of sp³-hybridized carbons (Fsp3) is 0.500. The minimum Gasteiger partial charge on any atom is -0.478 e. The largest absolute Gasteiger partial charge is 0.478 e. The molecule has 0 bridgehead atoms. The van der Waals surface area contributed by atoms with Gasteiger partial charge in [0.25, 0.3) is 5.91 Å². The van der Waals surface area contributed by atoms with Crippen molar-refractivity contribution in [1.29, 1.82) is 0 Å². The molecule has 5 heteroatoms. The molecule has 0 aliphatic carbocycles. The van der Waals surface area contributed by atoms with Crippen LogP contribution in [0.2, 0.25) is 0 Å². The maximum Gasteiger partial charge on any atom is 0.336 e. The van der Waals surface area contributed by atoms with E-state index in [0.717, 1.165) is 19.6 Å². The fourth-order valence-corrected chi connectivity index (χ4v) is 2.65. The van der Waals surface area contributed by atoms with Crippen LogP contribution in [0.5, 0.6) is 0 Å². The minimum atomic E-state index is -1.08. The fourth-order valence-electron chi connectivity index (χ4n) is 2.65. The van der Waals surface area contributed by atoms with Crippen LogP contribution in [0, 0.1) is 0 Å². The highest BCUT2D eigenvalue weighted by molar-refractivity contribution is 6.04. The summed E-state index contributed by atoms with van der Waals surface area (Å²) in [6, 6.07) is 6.30. The number of benzene rings is 1. The molecule has 0 atom stereocenters. The van der Waals surface area contributed by atoms with Crippen LogP contribution in [0.25, 0.3) is 0 Å². The van der Waals surface area contributed by atoms with Crippen LogP contribution < -0.4 is 5.32 Å². The first kappa shape index (κ1) is 15.5. The van der Waals surface area contributed by atoms with E-state index in [4.69, 9.17) is 5.11 Å². The quantitative estimate of drug-likeness (QED) is 0.870. The molecule has 1 aromatic rings. The number of carboxylic acid groups (broad SMARTS) is 1. The summed E-state index contributed by atoms with van der Waals surface area (Å²) in [5.74, 6) is -1.39. The molecule has 1 heterocycles. The molecule has 1 saturated heterocycles. The van der Waals surface area contributed by atoms with Crippen molar-refractivity contribution >= 4 is 11.9 Å². The highest BCUT2D eigenvalue weighted by Gasteiger charge is 2.15. The highest BCUT2D eigenvalue weighted by Crippen LogP contribution is 2.10. The molecule has 0 radical (unpaired) electrons. The van der Waals surface area contributed by atoms with Gasteiger partial charge < -0.3 is 15.3 Å². The summed E-state index contributed by atoms with van der Waals surface area (Å²) in [6.07, 6.45) is 5.01. The molecule has 0 spiro atoms. The smallest absolute Gasteiger partial charge is 0.336 e. The molecule has 2 rings (SSSR count). The molecule has 0 aromatic heterocycles. The van der Waals surface area contributed by atoms with E-state index >= 15 is 0 Å². The van der Waals surface area contributed by atoms with Crippen molar-refractivity contribution in [3.05, 3.63) is 35.4 Å². The summed E-state index contributed by atoms with van der Waals surface area (Å²) in [5, 5.41) is 11.9. The number of hydrogen-bond donors (Lipinski definition) is 2. The lowest BCUT2D eigenvalue weighted by Crippen LogP contribution is -2.35. The van der Waals surface area contributed by atoms with Gasteiger partial charge in [0.2, 0.25) is 0 Å². The van der Waals surface area contributed by atoms with Gasteiger partial charge in [0.15, 0.2) is 0 Å². The second-order valence-corrected chi connectivity index (χ2v) is 5.36. The van der Waals surface area contributed by atoms with Gasteiger partial charge in [-0.15, -0.1) is 0 Å². The van der Waals surface area contributed by atoms with Crippen LogP contribution in [-0.4, -0.2) is 48.1 Å². The summed E-state index contributed by atoms with van der Waals surface area (Å²) in [4.78, 5) is 25.5. The van der Waals surface area contributed by atoms with Crippen LogP contribution >= 0.6 is 0 Å². The number of carboxylic acids is 1. The lowest BCUT2D eigenvalue weighted by molar-refractivity contribution is 0.0691. The number of carbonyl (C=O) groups is 2. The van der Waals surface area contributed by atoms with E-state index in [2.05, 4.69) is 10.2 Å². The third-order valence-electron chi connectivity index (χ3n) is 3.81. The third-order valence-corrected chi connectivity index (χ3v) is 3.81. The van der Waals surface area contributed by atoms with E-state index in [9.17, 15) is 9.59 Å². The van der Waals surface area contributed by atoms with Gasteiger partial charge in [0.1, 0.15) is 0 Å². The number of nitrogens with zero attached hydrogens (tertiary/aromatic N) is 1. The SMILES string of the molecule is O=C(O)c1ccccc1C(=O)NCCN1CCCCCC1. The molecule has 21 heavy (non-hydrogen) atoms. The molecular formula is C16H22N2O3. The van der Waals surface area contributed by atoms with Crippen molar-refractivity contribution < 1.29 is 14.7 Å². The van der Waals surface area contributed by atoms with Gasteiger partial charge in [-0.25, -0.2) is 4.79 Å². The Morgan fingerprint density at radius 2 is 1.67 bits per heavy atom. The number of aromatic carboxylic acids is 1. The molecule has 5 nitrogen and oxygen atoms in total. The number of nitrogens with one attached hydrogen (secondary N) is 1. The van der Waals surface area contributed by atoms with Crippen LogP contribution in [0.4, 0.5) is 0 Å². The van der Waals surface area contributed by atoms with E-state index in [-0.39, 0.29) is 17.0 Å². The van der Waals surface area contributed by atoms with Gasteiger partial charge in [0, 0.05) is 13.1 Å². The number of rotatable bonds is 5. The molecule has 0 unspecified atom stereocenters. The van der Waals surface area contributed by atoms with E-state index in [1.54, 1.807) is 18.2 Å². The minimum absolute atomic E-state index is 0.0461. The zero-order valence-electron chi connectivity index (χ0n) is 12.2. The monoisotopic (exact) mass is 290 g/mol. The Kier molecular flexibility index (Phi) is 5.75. The Labute approximate surface area is 125 Å². The first-order chi connectivity index (χ1) is 10.2. The summed E-state index contributed by atoms with van der Waals surface area (Å²) in [5.41, 5.74) is 0.269. The van der Waals surface area contributed by atoms with Crippen LogP contribution in [0.3, 0.4) is 0 Å². The zero-order valence-corrected chi connectivity index (χ0v) is 12.2. The van der Waals surface area contributed by atoms with Crippen molar-refractivity contribution in [3.8, 4) is 0 Å². The van der Waals surface area contributed by atoms with Gasteiger partial charge in [-0.05, 0) is 38.1 Å². The lowest BCUT2D eigenvalue weighted by Gasteiger charge is -2.19. The molecule has 114 valence electrons. The Morgan fingerprint density at radius 1 is 1.05 bits per heavy atom. The summed E-state index contributed by atoms with van der Waals surface area (Å²) in [6.45, 7) is 3.54. The summed E-state index contributed by atoms with van der Waals surface area (Å²) >= 11 is 0. The maximum atomic E-state index is 12.1. The Balaban J connectivity index is 1.86. The van der Waals surface area contributed by atoms with Crippen LogP contribution in [0.15, 0.2) is 24.3 Å². The van der Waals surface area contributed by atoms with Gasteiger partial charge in [-0.2, -0.15) is 0 Å². The molecule has 1 amide bonds. The molecule has 1 aliphatic heterocycles. The van der Waals surface area contributed by atoms with E-state index < -0.39 is 5.97 Å². The number of hydrogen-bond acceptors (Lipinski definition) is 3. The van der Waals surface area contributed by atoms with Gasteiger partial charge in [-0.1, -0.05) is 25.0 Å². The molecule has 2 N–H and O–H groups in total. The number of amides is 1. The first-order valence-corrected chi connectivity index (χ1v) is 7.51. The molecular weight excluding hydrogens is 268 g/mol. The van der Waals surface area contributed by atoms with Gasteiger partial charge in [0.05, 0.1) is 11.1 Å². The first-order valence-electron chi connectivity index (χ1n) is 7.51. The normalized spacial score (nSPS) is 16.2. The van der Waals surface area contributed by atoms with Crippen LogP contribution in [0.1, 0.15) is 46.4 Å². The highest BCUT2D eigenvalue weighted by atomic mass is 16.4. The van der Waals surface area contributed by atoms with Gasteiger partial charge in [-0.3, -0.25) is 4.79 Å². The lowest BCUT2D eigenvalue weighted by atomic mass is 10.1. The predicted octanol–water partition coefficient (Wildman–Crippen LogP) is 1.99. The molecule has 1 aliphatic rings. The van der Waals surface area contributed by atoms with Crippen LogP contribution in [-0.2, 0) is 0 Å². The average Bonchev–Trinajstić information content (AvgIpc) is 2.76. The third kappa shape index (κ3) is 4.56. The topological polar surface area (TPSA) is 69.6 Å². The average molecular weight is 290 g/mol. The predicted molar refractivity (Wildman–Crippen MR) is 80.6 cm³/mol. The molecule has 1 fully saturated rings. The second kappa shape index (κ2) is 7.78. The zero-order chi connectivity index (χ0) is 15.1. The Hall–Kier alpha value is -1.88. The Bertz CT molecular complexity index is 494. The maximum absolute atomic E-state index is 12.1. The standard InChI is InChI=1S/C16H22N2O3/c19-15(13-7-3-4-8-14(13)16(20)21)17-9-12-18-10-5-1-2-6-11-18/h3-4,7-8H,1-2,5-6,9-12H2,(H,17,19)(H,20,21). The molecule has 1 aromatic carbocycles. The van der Waals surface area contributed by atoms with Crippen molar-refractivity contribution in [2.75, 3.05) is 26.2 Å². The van der Waals surface area contributed by atoms with E-state index in [1.807, 2.05) is 0 Å². The van der Waals surface area contributed by atoms with Crippen molar-refractivity contribution in [2.45, 2.75) is 25.7 Å². The van der Waals surface area contributed by atoms with Crippen molar-refractivity contribution in [1.82, 2.24) is 10.2 Å². The summed E-state index contributed by atoms with van der Waals surface area (Å²) in [7, 11) is 0. The Morgan fingerprint density at radius 3 is 2.29 bits per heavy atom. The van der Waals surface area contributed by atoms with Crippen molar-refractivity contribution in [2.24, 2.45) is 0 Å². The number of carbonyl (C=O) groups excluding carboxylic acids is 1.